The number of hydrogen-bond donors (Lipinski definition) is 1. The molecular weight excluding hydrogens is 311 g/mol. The fourth-order valence-electron chi connectivity index (χ4n) is 1.70. The van der Waals surface area contributed by atoms with Crippen molar-refractivity contribution in [2.45, 2.75) is 11.0 Å². The molecular formula is C12H9Cl3N2O2. The van der Waals surface area contributed by atoms with Gasteiger partial charge in [-0.05, 0) is 29.8 Å². The van der Waals surface area contributed by atoms with Crippen LogP contribution in [0.1, 0.15) is 0 Å². The third-order valence-corrected chi connectivity index (χ3v) is 3.90. The highest BCUT2D eigenvalue weighted by Crippen LogP contribution is 2.37. The molecule has 4 nitrogen and oxygen atoms in total. The number of nitrogens with zero attached hydrogens (tertiary/aromatic N) is 1. The molecule has 2 unspecified atom stereocenters. The Morgan fingerprint density at radius 3 is 2.42 bits per heavy atom. The van der Waals surface area contributed by atoms with Crippen LogP contribution in [-0.4, -0.2) is 16.0 Å². The first-order valence-corrected chi connectivity index (χ1v) is 6.48. The van der Waals surface area contributed by atoms with E-state index >= 15 is 0 Å². The Labute approximate surface area is 124 Å². The van der Waals surface area contributed by atoms with Crippen molar-refractivity contribution < 1.29 is 4.92 Å². The standard InChI is InChI=1S/C12H9Cl3N2O2/c13-9-6-11(16-8-4-2-1-3-5-8)12(15,17(18)19)7-10(9)14/h1-7,11,16H. The largest absolute Gasteiger partial charge is 0.371 e. The van der Waals surface area contributed by atoms with Crippen molar-refractivity contribution >= 4 is 40.5 Å². The summed E-state index contributed by atoms with van der Waals surface area (Å²) in [4.78, 5) is 8.72. The molecule has 0 saturated heterocycles. The van der Waals surface area contributed by atoms with Crippen LogP contribution < -0.4 is 5.32 Å². The highest BCUT2D eigenvalue weighted by molar-refractivity contribution is 6.44. The second kappa shape index (κ2) is 5.41. The molecule has 0 fully saturated rings. The molecule has 1 aromatic carbocycles. The molecule has 2 rings (SSSR count). The van der Waals surface area contributed by atoms with Crippen LogP contribution in [0.3, 0.4) is 0 Å². The molecule has 1 N–H and O–H groups in total. The Bertz CT molecular complexity index is 559. The van der Waals surface area contributed by atoms with Crippen molar-refractivity contribution in [2.75, 3.05) is 5.32 Å². The van der Waals surface area contributed by atoms with Crippen LogP contribution in [0.4, 0.5) is 5.69 Å². The first-order chi connectivity index (χ1) is 8.93. The summed E-state index contributed by atoms with van der Waals surface area (Å²) in [6.07, 6.45) is 2.58. The maximum atomic E-state index is 11.2. The van der Waals surface area contributed by atoms with Gasteiger partial charge in [-0.25, -0.2) is 0 Å². The molecule has 0 aliphatic heterocycles. The minimum absolute atomic E-state index is 0.0690. The molecule has 0 saturated carbocycles. The van der Waals surface area contributed by atoms with Crippen molar-refractivity contribution in [3.05, 3.63) is 62.7 Å². The van der Waals surface area contributed by atoms with E-state index in [4.69, 9.17) is 34.8 Å². The topological polar surface area (TPSA) is 55.2 Å². The van der Waals surface area contributed by atoms with Gasteiger partial charge in [-0.2, -0.15) is 0 Å². The fraction of sp³-hybridized carbons (Fsp3) is 0.167. The SMILES string of the molecule is O=[N+]([O-])C1(Cl)C=C(Cl)C(Cl)=CC1Nc1ccccc1. The molecule has 19 heavy (non-hydrogen) atoms. The van der Waals surface area contributed by atoms with Gasteiger partial charge in [0, 0.05) is 16.7 Å². The quantitative estimate of drug-likeness (QED) is 0.397. The smallest absolute Gasteiger partial charge is 0.338 e. The molecule has 0 radical (unpaired) electrons. The number of hydrogen-bond acceptors (Lipinski definition) is 3. The van der Waals surface area contributed by atoms with Crippen LogP contribution in [0.2, 0.25) is 0 Å². The van der Waals surface area contributed by atoms with Gasteiger partial charge in [0.25, 0.3) is 0 Å². The maximum Gasteiger partial charge on any atom is 0.338 e. The number of para-hydroxylation sites is 1. The first kappa shape index (κ1) is 14.2. The van der Waals surface area contributed by atoms with E-state index in [9.17, 15) is 10.1 Å². The van der Waals surface area contributed by atoms with E-state index < -0.39 is 16.0 Å². The number of allylic oxidation sites excluding steroid dienone is 2. The van der Waals surface area contributed by atoms with Crippen LogP contribution in [0.25, 0.3) is 0 Å². The molecule has 1 aliphatic carbocycles. The van der Waals surface area contributed by atoms with Crippen LogP contribution in [0, 0.1) is 10.1 Å². The predicted molar refractivity (Wildman–Crippen MR) is 77.3 cm³/mol. The second-order valence-corrected chi connectivity index (χ2v) is 5.40. The van der Waals surface area contributed by atoms with Gasteiger partial charge < -0.3 is 5.32 Å². The average Bonchev–Trinajstić information content (AvgIpc) is 2.37. The van der Waals surface area contributed by atoms with Gasteiger partial charge in [0.1, 0.15) is 6.04 Å². The van der Waals surface area contributed by atoms with Crippen molar-refractivity contribution in [1.82, 2.24) is 0 Å². The maximum absolute atomic E-state index is 11.2. The highest BCUT2D eigenvalue weighted by atomic mass is 35.5. The predicted octanol–water partition coefficient (Wildman–Crippen LogP) is 3.94. The van der Waals surface area contributed by atoms with Crippen LogP contribution in [0.15, 0.2) is 52.5 Å². The summed E-state index contributed by atoms with van der Waals surface area (Å²) in [6, 6.07) is 8.20. The van der Waals surface area contributed by atoms with Crippen molar-refractivity contribution in [3.63, 3.8) is 0 Å². The molecule has 0 amide bonds. The number of nitrogens with one attached hydrogen (secondary N) is 1. The van der Waals surface area contributed by atoms with E-state index in [1.54, 1.807) is 24.3 Å². The van der Waals surface area contributed by atoms with E-state index in [-0.39, 0.29) is 10.1 Å². The van der Waals surface area contributed by atoms with Gasteiger partial charge >= 0.3 is 5.00 Å². The van der Waals surface area contributed by atoms with Gasteiger partial charge in [-0.3, -0.25) is 10.1 Å². The summed E-state index contributed by atoms with van der Waals surface area (Å²) < 4.78 is 0. The van der Waals surface area contributed by atoms with Gasteiger partial charge in [0.05, 0.1) is 10.1 Å². The molecule has 1 aliphatic rings. The lowest BCUT2D eigenvalue weighted by Crippen LogP contribution is -2.47. The number of alkyl halides is 1. The van der Waals surface area contributed by atoms with E-state index in [1.807, 2.05) is 6.07 Å². The minimum atomic E-state index is -1.87. The summed E-state index contributed by atoms with van der Waals surface area (Å²) in [5.74, 6) is 0. The van der Waals surface area contributed by atoms with E-state index in [0.717, 1.165) is 6.08 Å². The summed E-state index contributed by atoms with van der Waals surface area (Å²) in [5.41, 5.74) is 0.700. The van der Waals surface area contributed by atoms with Crippen LogP contribution >= 0.6 is 34.8 Å². The Morgan fingerprint density at radius 2 is 1.84 bits per heavy atom. The zero-order valence-electron chi connectivity index (χ0n) is 9.52. The third-order valence-electron chi connectivity index (χ3n) is 2.68. The summed E-state index contributed by atoms with van der Waals surface area (Å²) >= 11 is 17.8. The van der Waals surface area contributed by atoms with Crippen molar-refractivity contribution in [2.24, 2.45) is 0 Å². The van der Waals surface area contributed by atoms with E-state index in [1.165, 1.54) is 6.08 Å². The highest BCUT2D eigenvalue weighted by Gasteiger charge is 2.49. The van der Waals surface area contributed by atoms with Crippen molar-refractivity contribution in [3.8, 4) is 0 Å². The lowest BCUT2D eigenvalue weighted by molar-refractivity contribution is -0.528. The van der Waals surface area contributed by atoms with Gasteiger partial charge in [-0.15, -0.1) is 0 Å². The molecule has 1 aromatic rings. The molecule has 0 spiro atoms. The summed E-state index contributed by atoms with van der Waals surface area (Å²) in [5, 5.41) is 14.5. The number of benzene rings is 1. The lowest BCUT2D eigenvalue weighted by Gasteiger charge is -2.28. The van der Waals surface area contributed by atoms with Gasteiger partial charge in [0.2, 0.25) is 0 Å². The van der Waals surface area contributed by atoms with E-state index in [2.05, 4.69) is 5.32 Å². The fourth-order valence-corrected chi connectivity index (χ4v) is 2.39. The zero-order chi connectivity index (χ0) is 14.0. The third kappa shape index (κ3) is 2.86. The summed E-state index contributed by atoms with van der Waals surface area (Å²) in [7, 11) is 0. The monoisotopic (exact) mass is 318 g/mol. The number of nitro groups is 1. The Kier molecular flexibility index (Phi) is 4.04. The minimum Gasteiger partial charge on any atom is -0.371 e. The summed E-state index contributed by atoms with van der Waals surface area (Å²) in [6.45, 7) is 0. The molecule has 0 aromatic heterocycles. The molecule has 0 heterocycles. The van der Waals surface area contributed by atoms with Gasteiger partial charge in [0.15, 0.2) is 0 Å². The normalized spacial score (nSPS) is 26.4. The Balaban J connectivity index is 2.34. The Morgan fingerprint density at radius 1 is 1.21 bits per heavy atom. The number of halogens is 3. The zero-order valence-corrected chi connectivity index (χ0v) is 11.8. The molecule has 0 bridgehead atoms. The first-order valence-electron chi connectivity index (χ1n) is 5.34. The second-order valence-electron chi connectivity index (χ2n) is 3.98. The number of anilines is 1. The van der Waals surface area contributed by atoms with E-state index in [0.29, 0.717) is 5.69 Å². The number of rotatable bonds is 3. The Hall–Kier alpha value is -1.23. The van der Waals surface area contributed by atoms with Crippen LogP contribution in [-0.2, 0) is 0 Å². The lowest BCUT2D eigenvalue weighted by atomic mass is 10.0. The molecule has 100 valence electrons. The molecule has 2 atom stereocenters. The average molecular weight is 320 g/mol. The van der Waals surface area contributed by atoms with Crippen molar-refractivity contribution in [1.29, 1.82) is 0 Å². The molecule has 7 heteroatoms. The van der Waals surface area contributed by atoms with Crippen LogP contribution in [0.5, 0.6) is 0 Å². The van der Waals surface area contributed by atoms with Gasteiger partial charge in [-0.1, -0.05) is 41.4 Å².